The number of fused-ring (bicyclic) bond motifs is 1. The summed E-state index contributed by atoms with van der Waals surface area (Å²) in [4.78, 5) is 9.16. The van der Waals surface area contributed by atoms with Gasteiger partial charge in [-0.15, -0.1) is 11.3 Å². The molecule has 2 heterocycles. The second-order valence-corrected chi connectivity index (χ2v) is 6.17. The molecule has 3 aromatic rings. The zero-order valence-corrected chi connectivity index (χ0v) is 12.9. The fraction of sp³-hybridized carbons (Fsp3) is 0.250. The number of nitrogens with zero attached hydrogens (tertiary/aromatic N) is 2. The first-order valence-electron chi connectivity index (χ1n) is 6.58. The third-order valence-corrected chi connectivity index (χ3v) is 5.21. The average Bonchev–Trinajstić information content (AvgIpc) is 2.89. The van der Waals surface area contributed by atoms with Crippen LogP contribution in [-0.4, -0.2) is 17.8 Å². The minimum Gasteiger partial charge on any atom is -0.254 e. The van der Waals surface area contributed by atoms with Crippen molar-refractivity contribution in [1.82, 2.24) is 9.97 Å². The van der Waals surface area contributed by atoms with Gasteiger partial charge in [0.15, 0.2) is 0 Å². The lowest BCUT2D eigenvalue weighted by Gasteiger charge is -2.09. The molecule has 0 bridgehead atoms. The number of rotatable bonds is 1. The maximum absolute atomic E-state index is 5.69. The van der Waals surface area contributed by atoms with Crippen molar-refractivity contribution >= 4 is 34.9 Å². The predicted molar refractivity (Wildman–Crippen MR) is 87.2 cm³/mol. The van der Waals surface area contributed by atoms with E-state index in [9.17, 15) is 0 Å². The number of thiazole rings is 1. The van der Waals surface area contributed by atoms with E-state index in [0.717, 1.165) is 16.2 Å². The highest BCUT2D eigenvalue weighted by Gasteiger charge is 2.15. The fourth-order valence-electron chi connectivity index (χ4n) is 2.38. The van der Waals surface area contributed by atoms with Crippen molar-refractivity contribution in [3.8, 4) is 10.7 Å². The number of benzene rings is 1. The number of hydrogen-bond acceptors (Lipinski definition) is 3. The van der Waals surface area contributed by atoms with Crippen LogP contribution in [0.15, 0.2) is 18.3 Å². The van der Waals surface area contributed by atoms with Crippen molar-refractivity contribution in [1.29, 1.82) is 0 Å². The lowest BCUT2D eigenvalue weighted by atomic mass is 9.98. The lowest BCUT2D eigenvalue weighted by molar-refractivity contribution is 1.24. The van der Waals surface area contributed by atoms with E-state index >= 15 is 0 Å². The van der Waals surface area contributed by atoms with Gasteiger partial charge in [-0.2, -0.15) is 0 Å². The van der Waals surface area contributed by atoms with Crippen molar-refractivity contribution in [3.05, 3.63) is 40.6 Å². The zero-order chi connectivity index (χ0) is 14.4. The van der Waals surface area contributed by atoms with Crippen LogP contribution in [0.4, 0.5) is 0 Å². The topological polar surface area (TPSA) is 25.8 Å². The molecule has 0 atom stereocenters. The number of pyridine rings is 1. The molecule has 1 aromatic carbocycles. The second-order valence-electron chi connectivity index (χ2n) is 5.17. The maximum atomic E-state index is 5.69. The summed E-state index contributed by atoms with van der Waals surface area (Å²) in [5, 5.41) is 0.955. The summed E-state index contributed by atoms with van der Waals surface area (Å²) in [6, 6.07) is 3.79. The Morgan fingerprint density at radius 1 is 0.950 bits per heavy atom. The number of aromatic nitrogens is 2. The van der Waals surface area contributed by atoms with Crippen LogP contribution >= 0.6 is 11.3 Å². The Labute approximate surface area is 124 Å². The Balaban J connectivity index is 2.28. The monoisotopic (exact) mass is 278 g/mol. The van der Waals surface area contributed by atoms with E-state index in [0.29, 0.717) is 5.46 Å². The summed E-state index contributed by atoms with van der Waals surface area (Å²) < 4.78 is 1.26. The molecule has 0 aliphatic carbocycles. The van der Waals surface area contributed by atoms with Crippen molar-refractivity contribution in [2.24, 2.45) is 0 Å². The van der Waals surface area contributed by atoms with Gasteiger partial charge >= 0.3 is 0 Å². The molecule has 0 unspecified atom stereocenters. The normalized spacial score (nSPS) is 11.2. The quantitative estimate of drug-likeness (QED) is 0.638. The average molecular weight is 278 g/mol. The van der Waals surface area contributed by atoms with Gasteiger partial charge in [0.05, 0.1) is 15.9 Å². The van der Waals surface area contributed by atoms with Crippen LogP contribution in [0.1, 0.15) is 22.3 Å². The standard InChI is InChI=1S/C16H15BN2S/c1-8-9(2)11(4)15-14(10(8)3)19-16(20-15)13-6-5-12(17)7-18-13/h5-7H,1-4H3. The summed E-state index contributed by atoms with van der Waals surface area (Å²) >= 11 is 1.71. The Morgan fingerprint density at radius 3 is 2.30 bits per heavy atom. The van der Waals surface area contributed by atoms with Gasteiger partial charge in [0, 0.05) is 6.20 Å². The predicted octanol–water partition coefficient (Wildman–Crippen LogP) is 3.39. The van der Waals surface area contributed by atoms with E-state index in [1.54, 1.807) is 17.5 Å². The largest absolute Gasteiger partial charge is 0.254 e. The molecule has 0 saturated heterocycles. The van der Waals surface area contributed by atoms with Gasteiger partial charge in [0.25, 0.3) is 0 Å². The molecule has 0 amide bonds. The van der Waals surface area contributed by atoms with E-state index in [1.165, 1.54) is 27.0 Å². The molecular formula is C16H15BN2S. The van der Waals surface area contributed by atoms with Crippen molar-refractivity contribution in [2.45, 2.75) is 27.7 Å². The Bertz CT molecular complexity index is 759. The van der Waals surface area contributed by atoms with E-state index in [1.807, 2.05) is 12.1 Å². The molecule has 0 saturated carbocycles. The molecule has 2 nitrogen and oxygen atoms in total. The molecule has 4 heteroatoms. The van der Waals surface area contributed by atoms with Gasteiger partial charge in [-0.3, -0.25) is 4.98 Å². The molecule has 0 aliphatic rings. The van der Waals surface area contributed by atoms with E-state index in [-0.39, 0.29) is 0 Å². The Kier molecular flexibility index (Phi) is 3.13. The van der Waals surface area contributed by atoms with E-state index in [2.05, 4.69) is 32.7 Å². The van der Waals surface area contributed by atoms with Crippen LogP contribution in [0.2, 0.25) is 0 Å². The highest BCUT2D eigenvalue weighted by atomic mass is 32.1. The fourth-order valence-corrected chi connectivity index (χ4v) is 3.54. The SMILES string of the molecule is [B]c1ccc(-c2nc3c(C)c(C)c(C)c(C)c3s2)nc1. The lowest BCUT2D eigenvalue weighted by Crippen LogP contribution is -2.01. The van der Waals surface area contributed by atoms with Gasteiger partial charge in [-0.25, -0.2) is 4.98 Å². The molecular weight excluding hydrogens is 263 g/mol. The summed E-state index contributed by atoms with van der Waals surface area (Å²) in [6.07, 6.45) is 1.68. The summed E-state index contributed by atoms with van der Waals surface area (Å²) in [5.41, 5.74) is 7.93. The van der Waals surface area contributed by atoms with Crippen molar-refractivity contribution in [3.63, 3.8) is 0 Å². The van der Waals surface area contributed by atoms with E-state index < -0.39 is 0 Å². The zero-order valence-electron chi connectivity index (χ0n) is 12.1. The smallest absolute Gasteiger partial charge is 0.143 e. The van der Waals surface area contributed by atoms with Gasteiger partial charge in [0.1, 0.15) is 12.9 Å². The molecule has 0 aliphatic heterocycles. The molecule has 98 valence electrons. The summed E-state index contributed by atoms with van der Waals surface area (Å²) in [7, 11) is 5.69. The van der Waals surface area contributed by atoms with Crippen LogP contribution in [0.5, 0.6) is 0 Å². The summed E-state index contributed by atoms with van der Waals surface area (Å²) in [6.45, 7) is 8.65. The molecule has 0 fully saturated rings. The van der Waals surface area contributed by atoms with Crippen LogP contribution in [0.3, 0.4) is 0 Å². The first-order chi connectivity index (χ1) is 9.49. The first-order valence-corrected chi connectivity index (χ1v) is 7.39. The molecule has 0 N–H and O–H groups in total. The minimum absolute atomic E-state index is 0.675. The van der Waals surface area contributed by atoms with Crippen LogP contribution < -0.4 is 5.46 Å². The Hall–Kier alpha value is -1.68. The van der Waals surface area contributed by atoms with Gasteiger partial charge in [-0.05, 0) is 56.0 Å². The molecule has 2 aromatic heterocycles. The van der Waals surface area contributed by atoms with Crippen LogP contribution in [0.25, 0.3) is 20.9 Å². The summed E-state index contributed by atoms with van der Waals surface area (Å²) in [5.74, 6) is 0. The van der Waals surface area contributed by atoms with Gasteiger partial charge in [-0.1, -0.05) is 11.5 Å². The number of aryl methyl sites for hydroxylation is 2. The first kappa shape index (κ1) is 13.3. The highest BCUT2D eigenvalue weighted by molar-refractivity contribution is 7.21. The van der Waals surface area contributed by atoms with Gasteiger partial charge < -0.3 is 0 Å². The second kappa shape index (κ2) is 4.71. The van der Waals surface area contributed by atoms with Crippen LogP contribution in [0, 0.1) is 27.7 Å². The third-order valence-electron chi connectivity index (χ3n) is 4.02. The van der Waals surface area contributed by atoms with Crippen molar-refractivity contribution < 1.29 is 0 Å². The molecule has 2 radical (unpaired) electrons. The third kappa shape index (κ3) is 1.95. The van der Waals surface area contributed by atoms with Gasteiger partial charge in [0.2, 0.25) is 0 Å². The minimum atomic E-state index is 0.675. The highest BCUT2D eigenvalue weighted by Crippen LogP contribution is 2.36. The number of hydrogen-bond donors (Lipinski definition) is 0. The van der Waals surface area contributed by atoms with E-state index in [4.69, 9.17) is 12.8 Å². The molecule has 20 heavy (non-hydrogen) atoms. The van der Waals surface area contributed by atoms with Crippen molar-refractivity contribution in [2.75, 3.05) is 0 Å². The van der Waals surface area contributed by atoms with Crippen LogP contribution in [-0.2, 0) is 0 Å². The molecule has 0 spiro atoms. The Morgan fingerprint density at radius 2 is 1.65 bits per heavy atom. The molecule has 3 rings (SSSR count). The maximum Gasteiger partial charge on any atom is 0.143 e.